The summed E-state index contributed by atoms with van der Waals surface area (Å²) in [6.45, 7) is 3.59. The van der Waals surface area contributed by atoms with E-state index in [9.17, 15) is 5.11 Å². The summed E-state index contributed by atoms with van der Waals surface area (Å²) in [6, 6.07) is 5.53. The standard InChI is InChI=1S/C11H13NO/c1-3-11(2,13)8-7-10-6-4-5-9-12-10/h4-6,9,13H,3H2,1-2H3. The second-order valence-electron chi connectivity index (χ2n) is 3.09. The first-order chi connectivity index (χ1) is 6.14. The predicted octanol–water partition coefficient (Wildman–Crippen LogP) is 1.59. The summed E-state index contributed by atoms with van der Waals surface area (Å²) in [5.41, 5.74) is -0.214. The summed E-state index contributed by atoms with van der Waals surface area (Å²) in [5, 5.41) is 9.58. The lowest BCUT2D eigenvalue weighted by atomic mass is 10.1. The Morgan fingerprint density at radius 2 is 2.31 bits per heavy atom. The van der Waals surface area contributed by atoms with Gasteiger partial charge in [-0.05, 0) is 31.4 Å². The zero-order valence-electron chi connectivity index (χ0n) is 7.91. The third-order valence-corrected chi connectivity index (χ3v) is 1.81. The second kappa shape index (κ2) is 4.06. The first kappa shape index (κ1) is 9.76. The minimum atomic E-state index is -0.905. The maximum atomic E-state index is 9.58. The number of rotatable bonds is 1. The van der Waals surface area contributed by atoms with Crippen LogP contribution in [0.3, 0.4) is 0 Å². The van der Waals surface area contributed by atoms with Gasteiger partial charge in [0, 0.05) is 6.20 Å². The Morgan fingerprint density at radius 3 is 2.85 bits per heavy atom. The molecule has 1 N–H and O–H groups in total. The number of pyridine rings is 1. The van der Waals surface area contributed by atoms with E-state index in [2.05, 4.69) is 16.8 Å². The van der Waals surface area contributed by atoms with Gasteiger partial charge in [-0.1, -0.05) is 18.9 Å². The number of hydrogen-bond acceptors (Lipinski definition) is 2. The zero-order valence-corrected chi connectivity index (χ0v) is 7.91. The average molecular weight is 175 g/mol. The van der Waals surface area contributed by atoms with Crippen LogP contribution in [0, 0.1) is 11.8 Å². The van der Waals surface area contributed by atoms with Crippen molar-refractivity contribution in [3.63, 3.8) is 0 Å². The summed E-state index contributed by atoms with van der Waals surface area (Å²) in [5.74, 6) is 5.59. The summed E-state index contributed by atoms with van der Waals surface area (Å²) < 4.78 is 0. The molecule has 2 heteroatoms. The minimum Gasteiger partial charge on any atom is -0.378 e. The predicted molar refractivity (Wildman–Crippen MR) is 52.0 cm³/mol. The summed E-state index contributed by atoms with van der Waals surface area (Å²) in [6.07, 6.45) is 2.30. The van der Waals surface area contributed by atoms with Gasteiger partial charge in [0.1, 0.15) is 11.3 Å². The number of aliphatic hydroxyl groups is 1. The van der Waals surface area contributed by atoms with Gasteiger partial charge in [-0.3, -0.25) is 0 Å². The van der Waals surface area contributed by atoms with E-state index in [-0.39, 0.29) is 0 Å². The molecule has 0 aliphatic carbocycles. The fourth-order valence-electron chi connectivity index (χ4n) is 0.724. The van der Waals surface area contributed by atoms with Gasteiger partial charge in [0.15, 0.2) is 0 Å². The van der Waals surface area contributed by atoms with Crippen LogP contribution in [0.4, 0.5) is 0 Å². The van der Waals surface area contributed by atoms with Crippen LogP contribution < -0.4 is 0 Å². The van der Waals surface area contributed by atoms with Crippen molar-refractivity contribution >= 4 is 0 Å². The Bertz CT molecular complexity index is 319. The van der Waals surface area contributed by atoms with Gasteiger partial charge in [0.05, 0.1) is 0 Å². The molecule has 0 aliphatic heterocycles. The van der Waals surface area contributed by atoms with Gasteiger partial charge < -0.3 is 5.11 Å². The Kier molecular flexibility index (Phi) is 3.05. The molecule has 13 heavy (non-hydrogen) atoms. The van der Waals surface area contributed by atoms with Crippen molar-refractivity contribution in [2.45, 2.75) is 25.9 Å². The average Bonchev–Trinajstić information content (AvgIpc) is 2.17. The van der Waals surface area contributed by atoms with Gasteiger partial charge >= 0.3 is 0 Å². The number of aromatic nitrogens is 1. The van der Waals surface area contributed by atoms with E-state index >= 15 is 0 Å². The van der Waals surface area contributed by atoms with Crippen LogP contribution in [0.15, 0.2) is 24.4 Å². The molecule has 1 rings (SSSR count). The largest absolute Gasteiger partial charge is 0.378 e. The molecular weight excluding hydrogens is 162 g/mol. The molecule has 1 aromatic heterocycles. The van der Waals surface area contributed by atoms with Crippen molar-refractivity contribution in [2.24, 2.45) is 0 Å². The number of nitrogens with zero attached hydrogens (tertiary/aromatic N) is 1. The molecule has 1 aromatic rings. The highest BCUT2D eigenvalue weighted by atomic mass is 16.3. The van der Waals surface area contributed by atoms with Gasteiger partial charge in [-0.25, -0.2) is 4.98 Å². The molecule has 0 aliphatic rings. The summed E-state index contributed by atoms with van der Waals surface area (Å²) in [4.78, 5) is 4.03. The highest BCUT2D eigenvalue weighted by Gasteiger charge is 2.12. The van der Waals surface area contributed by atoms with E-state index in [1.807, 2.05) is 25.1 Å². The van der Waals surface area contributed by atoms with Gasteiger partial charge in [-0.2, -0.15) is 0 Å². The third kappa shape index (κ3) is 3.27. The summed E-state index contributed by atoms with van der Waals surface area (Å²) >= 11 is 0. The fourth-order valence-corrected chi connectivity index (χ4v) is 0.724. The monoisotopic (exact) mass is 175 g/mol. The molecule has 0 saturated carbocycles. The van der Waals surface area contributed by atoms with Gasteiger partial charge in [0.25, 0.3) is 0 Å². The van der Waals surface area contributed by atoms with E-state index in [1.54, 1.807) is 13.1 Å². The van der Waals surface area contributed by atoms with E-state index < -0.39 is 5.60 Å². The van der Waals surface area contributed by atoms with Crippen molar-refractivity contribution < 1.29 is 5.11 Å². The Balaban J connectivity index is 2.79. The van der Waals surface area contributed by atoms with Crippen LogP contribution in [-0.4, -0.2) is 15.7 Å². The van der Waals surface area contributed by atoms with Gasteiger partial charge in [0.2, 0.25) is 0 Å². The Morgan fingerprint density at radius 1 is 1.54 bits per heavy atom. The normalized spacial score (nSPS) is 14.1. The lowest BCUT2D eigenvalue weighted by Crippen LogP contribution is -2.19. The second-order valence-corrected chi connectivity index (χ2v) is 3.09. The van der Waals surface area contributed by atoms with Crippen LogP contribution in [0.1, 0.15) is 26.0 Å². The Hall–Kier alpha value is -1.33. The fraction of sp³-hybridized carbons (Fsp3) is 0.364. The molecule has 0 fully saturated rings. The molecule has 0 bridgehead atoms. The third-order valence-electron chi connectivity index (χ3n) is 1.81. The number of hydrogen-bond donors (Lipinski definition) is 1. The molecule has 0 amide bonds. The molecule has 0 spiro atoms. The van der Waals surface area contributed by atoms with Crippen molar-refractivity contribution in [2.75, 3.05) is 0 Å². The van der Waals surface area contributed by atoms with Crippen molar-refractivity contribution in [1.29, 1.82) is 0 Å². The lowest BCUT2D eigenvalue weighted by molar-refractivity contribution is 0.118. The zero-order chi connectivity index (χ0) is 9.73. The molecule has 0 saturated heterocycles. The van der Waals surface area contributed by atoms with E-state index in [4.69, 9.17) is 0 Å². The Labute approximate surface area is 78.6 Å². The van der Waals surface area contributed by atoms with Crippen LogP contribution in [0.25, 0.3) is 0 Å². The van der Waals surface area contributed by atoms with Crippen molar-refractivity contribution in [3.05, 3.63) is 30.1 Å². The first-order valence-corrected chi connectivity index (χ1v) is 4.30. The molecule has 2 nitrogen and oxygen atoms in total. The van der Waals surface area contributed by atoms with Crippen molar-refractivity contribution in [3.8, 4) is 11.8 Å². The van der Waals surface area contributed by atoms with Crippen LogP contribution in [-0.2, 0) is 0 Å². The van der Waals surface area contributed by atoms with Crippen LogP contribution in [0.5, 0.6) is 0 Å². The topological polar surface area (TPSA) is 33.1 Å². The van der Waals surface area contributed by atoms with Gasteiger partial charge in [-0.15, -0.1) is 0 Å². The van der Waals surface area contributed by atoms with Crippen molar-refractivity contribution in [1.82, 2.24) is 4.98 Å². The first-order valence-electron chi connectivity index (χ1n) is 4.30. The van der Waals surface area contributed by atoms with E-state index in [0.717, 1.165) is 0 Å². The van der Waals surface area contributed by atoms with E-state index in [0.29, 0.717) is 12.1 Å². The van der Waals surface area contributed by atoms with Crippen LogP contribution in [0.2, 0.25) is 0 Å². The molecule has 1 unspecified atom stereocenters. The molecular formula is C11H13NO. The maximum Gasteiger partial charge on any atom is 0.122 e. The summed E-state index contributed by atoms with van der Waals surface area (Å²) in [7, 11) is 0. The molecule has 0 aromatic carbocycles. The minimum absolute atomic E-state index is 0.618. The molecule has 68 valence electrons. The quantitative estimate of drug-likeness (QED) is 0.657. The van der Waals surface area contributed by atoms with E-state index in [1.165, 1.54) is 0 Å². The van der Waals surface area contributed by atoms with Crippen LogP contribution >= 0.6 is 0 Å². The highest BCUT2D eigenvalue weighted by Crippen LogP contribution is 2.05. The SMILES string of the molecule is CCC(C)(O)C#Cc1ccccn1. The lowest BCUT2D eigenvalue weighted by Gasteiger charge is -2.11. The maximum absolute atomic E-state index is 9.58. The smallest absolute Gasteiger partial charge is 0.122 e. The highest BCUT2D eigenvalue weighted by molar-refractivity contribution is 5.29. The molecule has 0 radical (unpaired) electrons. The molecule has 1 heterocycles. The molecule has 1 atom stereocenters.